The van der Waals surface area contributed by atoms with Crippen molar-refractivity contribution in [3.05, 3.63) is 35.7 Å². The van der Waals surface area contributed by atoms with Crippen LogP contribution >= 0.6 is 0 Å². The van der Waals surface area contributed by atoms with Crippen LogP contribution in [0.1, 0.15) is 16.1 Å². The van der Waals surface area contributed by atoms with E-state index in [-0.39, 0.29) is 5.91 Å². The van der Waals surface area contributed by atoms with Crippen LogP contribution in [-0.4, -0.2) is 27.4 Å². The Hall–Kier alpha value is -2.37. The molecular weight excluding hydrogens is 230 g/mol. The predicted molar refractivity (Wildman–Crippen MR) is 67.2 cm³/mol. The molecule has 18 heavy (non-hydrogen) atoms. The molecular formula is C12H13N5O. The van der Waals surface area contributed by atoms with Gasteiger partial charge in [0.05, 0.1) is 6.20 Å². The van der Waals surface area contributed by atoms with E-state index in [2.05, 4.69) is 10.3 Å². The average molecular weight is 243 g/mol. The molecule has 0 saturated heterocycles. The number of carbonyl (C=O) groups is 1. The van der Waals surface area contributed by atoms with Gasteiger partial charge in [-0.3, -0.25) is 9.48 Å². The van der Waals surface area contributed by atoms with Crippen LogP contribution in [0.2, 0.25) is 0 Å². The fraction of sp³-hybridized carbons (Fsp3) is 0.250. The molecule has 2 aromatic rings. The summed E-state index contributed by atoms with van der Waals surface area (Å²) in [5, 5.41) is 7.62. The molecule has 1 aromatic heterocycles. The van der Waals surface area contributed by atoms with Gasteiger partial charge in [0.2, 0.25) is 0 Å². The number of fused-ring (bicyclic) bond motifs is 1. The largest absolute Gasteiger partial charge is 0.399 e. The minimum atomic E-state index is -0.132. The Balaban J connectivity index is 1.96. The van der Waals surface area contributed by atoms with Gasteiger partial charge >= 0.3 is 0 Å². The third-order valence-corrected chi connectivity index (χ3v) is 3.07. The number of benzene rings is 1. The number of hydrogen-bond acceptors (Lipinski definition) is 4. The lowest BCUT2D eigenvalue weighted by atomic mass is 10.1. The lowest BCUT2D eigenvalue weighted by Gasteiger charge is -2.15. The Morgan fingerprint density at radius 3 is 3.00 bits per heavy atom. The molecule has 6 heteroatoms. The van der Waals surface area contributed by atoms with Crippen LogP contribution in [0.25, 0.3) is 0 Å². The van der Waals surface area contributed by atoms with Crippen molar-refractivity contribution in [1.82, 2.24) is 15.0 Å². The van der Waals surface area contributed by atoms with Gasteiger partial charge in [-0.25, -0.2) is 0 Å². The van der Waals surface area contributed by atoms with Crippen LogP contribution < -0.4 is 10.6 Å². The van der Waals surface area contributed by atoms with Crippen molar-refractivity contribution >= 4 is 17.3 Å². The fourth-order valence-corrected chi connectivity index (χ4v) is 2.19. The summed E-state index contributed by atoms with van der Waals surface area (Å²) in [6.45, 7) is 0.661. The molecule has 1 amide bonds. The SMILES string of the molecule is Cn1cc(C(=O)N2CCc3ccc(N)cc32)nn1. The van der Waals surface area contributed by atoms with Gasteiger partial charge < -0.3 is 10.6 Å². The molecule has 0 radical (unpaired) electrons. The second kappa shape index (κ2) is 3.83. The first-order valence-corrected chi connectivity index (χ1v) is 5.72. The summed E-state index contributed by atoms with van der Waals surface area (Å²) in [6.07, 6.45) is 2.47. The van der Waals surface area contributed by atoms with Crippen LogP contribution in [-0.2, 0) is 13.5 Å². The third-order valence-electron chi connectivity index (χ3n) is 3.07. The van der Waals surface area contributed by atoms with Gasteiger partial charge in [-0.2, -0.15) is 0 Å². The topological polar surface area (TPSA) is 77.0 Å². The zero-order valence-corrected chi connectivity index (χ0v) is 10.00. The highest BCUT2D eigenvalue weighted by Gasteiger charge is 2.27. The van der Waals surface area contributed by atoms with E-state index in [4.69, 9.17) is 5.73 Å². The van der Waals surface area contributed by atoms with E-state index in [1.807, 2.05) is 18.2 Å². The number of aryl methyl sites for hydroxylation is 1. The van der Waals surface area contributed by atoms with Gasteiger partial charge in [0, 0.05) is 25.0 Å². The Morgan fingerprint density at radius 1 is 1.44 bits per heavy atom. The second-order valence-electron chi connectivity index (χ2n) is 4.37. The van der Waals surface area contributed by atoms with Crippen molar-refractivity contribution < 1.29 is 4.79 Å². The molecule has 1 aliphatic heterocycles. The van der Waals surface area contributed by atoms with Gasteiger partial charge in [-0.1, -0.05) is 11.3 Å². The quantitative estimate of drug-likeness (QED) is 0.744. The van der Waals surface area contributed by atoms with E-state index in [9.17, 15) is 4.79 Å². The van der Waals surface area contributed by atoms with E-state index in [0.717, 1.165) is 17.7 Å². The zero-order valence-electron chi connectivity index (χ0n) is 10.00. The number of nitrogens with zero attached hydrogens (tertiary/aromatic N) is 4. The molecule has 1 aromatic carbocycles. The van der Waals surface area contributed by atoms with Gasteiger partial charge in [0.25, 0.3) is 5.91 Å². The van der Waals surface area contributed by atoms with E-state index < -0.39 is 0 Å². The van der Waals surface area contributed by atoms with Crippen LogP contribution in [0.3, 0.4) is 0 Å². The first-order valence-electron chi connectivity index (χ1n) is 5.72. The summed E-state index contributed by atoms with van der Waals surface area (Å²) in [6, 6.07) is 5.65. The minimum absolute atomic E-state index is 0.132. The highest BCUT2D eigenvalue weighted by molar-refractivity contribution is 6.06. The smallest absolute Gasteiger partial charge is 0.280 e. The molecule has 0 atom stereocenters. The predicted octanol–water partition coefficient (Wildman–Crippen LogP) is 0.600. The zero-order chi connectivity index (χ0) is 12.7. The molecule has 0 bridgehead atoms. The maximum Gasteiger partial charge on any atom is 0.280 e. The van der Waals surface area contributed by atoms with Crippen LogP contribution in [0.15, 0.2) is 24.4 Å². The van der Waals surface area contributed by atoms with E-state index in [1.165, 1.54) is 4.68 Å². The lowest BCUT2D eigenvalue weighted by Crippen LogP contribution is -2.29. The van der Waals surface area contributed by atoms with Crippen LogP contribution in [0, 0.1) is 0 Å². The van der Waals surface area contributed by atoms with Crippen LogP contribution in [0.5, 0.6) is 0 Å². The summed E-state index contributed by atoms with van der Waals surface area (Å²) in [7, 11) is 1.74. The summed E-state index contributed by atoms with van der Waals surface area (Å²) in [4.78, 5) is 14.0. The van der Waals surface area contributed by atoms with Crippen molar-refractivity contribution in [3.63, 3.8) is 0 Å². The highest BCUT2D eigenvalue weighted by atomic mass is 16.2. The number of hydrogen-bond donors (Lipinski definition) is 1. The molecule has 2 heterocycles. The number of anilines is 2. The average Bonchev–Trinajstić information content (AvgIpc) is 2.94. The monoisotopic (exact) mass is 243 g/mol. The number of amides is 1. The van der Waals surface area contributed by atoms with Crippen molar-refractivity contribution in [1.29, 1.82) is 0 Å². The Morgan fingerprint density at radius 2 is 2.28 bits per heavy atom. The Kier molecular flexibility index (Phi) is 2.29. The van der Waals surface area contributed by atoms with Gasteiger partial charge in [0.1, 0.15) is 0 Å². The minimum Gasteiger partial charge on any atom is -0.399 e. The Labute approximate surface area is 104 Å². The molecule has 3 rings (SSSR count). The van der Waals surface area contributed by atoms with E-state index >= 15 is 0 Å². The molecule has 0 aliphatic carbocycles. The van der Waals surface area contributed by atoms with Crippen LogP contribution in [0.4, 0.5) is 11.4 Å². The van der Waals surface area contributed by atoms with Crippen molar-refractivity contribution in [2.45, 2.75) is 6.42 Å². The van der Waals surface area contributed by atoms with Gasteiger partial charge in [-0.05, 0) is 24.1 Å². The standard InChI is InChI=1S/C12H13N5O/c1-16-7-10(14-15-16)12(18)17-5-4-8-2-3-9(13)6-11(8)17/h2-3,6-7H,4-5,13H2,1H3. The normalized spacial score (nSPS) is 13.7. The molecule has 0 fully saturated rings. The second-order valence-corrected chi connectivity index (χ2v) is 4.37. The molecule has 0 unspecified atom stereocenters. The molecule has 92 valence electrons. The third kappa shape index (κ3) is 1.62. The van der Waals surface area contributed by atoms with E-state index in [0.29, 0.717) is 17.9 Å². The summed E-state index contributed by atoms with van der Waals surface area (Å²) in [5.74, 6) is -0.132. The van der Waals surface area contributed by atoms with Gasteiger partial charge in [-0.15, -0.1) is 5.10 Å². The lowest BCUT2D eigenvalue weighted by molar-refractivity contribution is 0.0984. The number of rotatable bonds is 1. The summed E-state index contributed by atoms with van der Waals surface area (Å²) >= 11 is 0. The van der Waals surface area contributed by atoms with E-state index in [1.54, 1.807) is 18.1 Å². The first kappa shape index (κ1) is 10.8. The van der Waals surface area contributed by atoms with Gasteiger partial charge in [0.15, 0.2) is 5.69 Å². The number of carbonyl (C=O) groups excluding carboxylic acids is 1. The number of nitrogen functional groups attached to an aromatic ring is 1. The molecule has 1 aliphatic rings. The molecule has 0 saturated carbocycles. The first-order chi connectivity index (χ1) is 8.65. The highest BCUT2D eigenvalue weighted by Crippen LogP contribution is 2.30. The molecule has 6 nitrogen and oxygen atoms in total. The van der Waals surface area contributed by atoms with Crippen molar-refractivity contribution in [2.24, 2.45) is 7.05 Å². The maximum atomic E-state index is 12.3. The molecule has 0 spiro atoms. The fourth-order valence-electron chi connectivity index (χ4n) is 2.19. The Bertz CT molecular complexity index is 619. The van der Waals surface area contributed by atoms with Crippen molar-refractivity contribution in [2.75, 3.05) is 17.2 Å². The number of nitrogens with two attached hydrogens (primary N) is 1. The summed E-state index contributed by atoms with van der Waals surface area (Å²) in [5.41, 5.74) is 8.80. The van der Waals surface area contributed by atoms with Crippen molar-refractivity contribution in [3.8, 4) is 0 Å². The summed E-state index contributed by atoms with van der Waals surface area (Å²) < 4.78 is 1.52. The molecule has 2 N–H and O–H groups in total. The number of aromatic nitrogens is 3. The maximum absolute atomic E-state index is 12.3.